The van der Waals surface area contributed by atoms with E-state index in [1.54, 1.807) is 37.3 Å². The molecule has 10 heteroatoms. The van der Waals surface area contributed by atoms with Gasteiger partial charge in [-0.3, -0.25) is 14.4 Å². The summed E-state index contributed by atoms with van der Waals surface area (Å²) in [6, 6.07) is 5.19. The van der Waals surface area contributed by atoms with Crippen molar-refractivity contribution in [1.82, 2.24) is 4.90 Å². The van der Waals surface area contributed by atoms with Crippen molar-refractivity contribution in [2.75, 3.05) is 24.7 Å². The van der Waals surface area contributed by atoms with Crippen LogP contribution < -0.4 is 4.90 Å². The molecule has 0 saturated carbocycles. The minimum atomic E-state index is -1.22. The summed E-state index contributed by atoms with van der Waals surface area (Å²) in [5.41, 5.74) is -0.632. The topological polar surface area (TPSA) is 96.4 Å². The van der Waals surface area contributed by atoms with Crippen molar-refractivity contribution in [3.05, 3.63) is 41.9 Å². The molecule has 35 heavy (non-hydrogen) atoms. The minimum absolute atomic E-state index is 0.174. The summed E-state index contributed by atoms with van der Waals surface area (Å²) in [6.07, 6.45) is 1.83. The summed E-state index contributed by atoms with van der Waals surface area (Å²) in [5, 5.41) is 10.7. The van der Waals surface area contributed by atoms with Crippen molar-refractivity contribution in [2.45, 2.75) is 55.3 Å². The number of aliphatic hydroxyl groups excluding tert-OH is 1. The molecule has 7 atom stereocenters. The Balaban J connectivity index is 1.83. The average Bonchev–Trinajstić information content (AvgIpc) is 3.43. The molecule has 8 nitrogen and oxygen atoms in total. The molecule has 3 saturated heterocycles. The van der Waals surface area contributed by atoms with E-state index >= 15 is 0 Å². The molecule has 4 rings (SSSR count). The molecule has 1 aromatic carbocycles. The van der Waals surface area contributed by atoms with Crippen LogP contribution in [-0.4, -0.2) is 76.2 Å². The molecule has 1 spiro atoms. The molecule has 0 aliphatic carbocycles. The molecule has 0 aromatic heterocycles. The van der Waals surface area contributed by atoms with Crippen molar-refractivity contribution < 1.29 is 29.0 Å². The van der Waals surface area contributed by atoms with Gasteiger partial charge in [0.1, 0.15) is 11.6 Å². The molecule has 1 aromatic rings. The molecular formula is C25H30BrClN2O6. The normalized spacial score (nSPS) is 31.9. The van der Waals surface area contributed by atoms with Crippen molar-refractivity contribution in [1.29, 1.82) is 0 Å². The number of fused-ring (bicyclic) bond motifs is 1. The van der Waals surface area contributed by atoms with Gasteiger partial charge >= 0.3 is 5.97 Å². The molecule has 1 N–H and O–H groups in total. The van der Waals surface area contributed by atoms with Gasteiger partial charge in [0.2, 0.25) is 5.91 Å². The Kier molecular flexibility index (Phi) is 7.62. The number of likely N-dealkylation sites (tertiary alicyclic amines) is 1. The van der Waals surface area contributed by atoms with Crippen LogP contribution in [0.4, 0.5) is 5.69 Å². The maximum Gasteiger partial charge on any atom is 0.312 e. The van der Waals surface area contributed by atoms with Gasteiger partial charge in [-0.05, 0) is 44.0 Å². The lowest BCUT2D eigenvalue weighted by Crippen LogP contribution is -2.59. The van der Waals surface area contributed by atoms with Crippen LogP contribution in [-0.2, 0) is 23.9 Å². The van der Waals surface area contributed by atoms with Crippen LogP contribution in [0.3, 0.4) is 0 Å². The van der Waals surface area contributed by atoms with E-state index in [4.69, 9.17) is 21.1 Å². The third-order valence-corrected chi connectivity index (χ3v) is 8.41. The van der Waals surface area contributed by atoms with Gasteiger partial charge in [-0.2, -0.15) is 0 Å². The maximum absolute atomic E-state index is 14.3. The first-order valence-corrected chi connectivity index (χ1v) is 13.1. The van der Waals surface area contributed by atoms with Gasteiger partial charge in [0.25, 0.3) is 5.91 Å². The van der Waals surface area contributed by atoms with Crippen LogP contribution in [0.2, 0.25) is 5.02 Å². The Hall–Kier alpha value is -1.94. The predicted molar refractivity (Wildman–Crippen MR) is 134 cm³/mol. The van der Waals surface area contributed by atoms with Gasteiger partial charge in [0.05, 0.1) is 37.2 Å². The largest absolute Gasteiger partial charge is 0.466 e. The zero-order valence-corrected chi connectivity index (χ0v) is 22.1. The Morgan fingerprint density at radius 3 is 2.66 bits per heavy atom. The van der Waals surface area contributed by atoms with E-state index in [1.165, 1.54) is 9.80 Å². The van der Waals surface area contributed by atoms with E-state index in [9.17, 15) is 19.5 Å². The number of anilines is 1. The number of rotatable bonds is 9. The van der Waals surface area contributed by atoms with Gasteiger partial charge in [-0.1, -0.05) is 40.5 Å². The molecule has 3 heterocycles. The fourth-order valence-electron chi connectivity index (χ4n) is 5.88. The highest BCUT2D eigenvalue weighted by Gasteiger charge is 2.77. The summed E-state index contributed by atoms with van der Waals surface area (Å²) in [5.74, 6) is -2.93. The molecule has 3 fully saturated rings. The molecular weight excluding hydrogens is 540 g/mol. The number of halogens is 2. The number of esters is 1. The second-order valence-electron chi connectivity index (χ2n) is 9.12. The van der Waals surface area contributed by atoms with Crippen molar-refractivity contribution in [3.8, 4) is 0 Å². The second kappa shape index (κ2) is 10.2. The maximum atomic E-state index is 14.3. The van der Waals surface area contributed by atoms with E-state index in [2.05, 4.69) is 22.5 Å². The minimum Gasteiger partial charge on any atom is -0.466 e. The first-order chi connectivity index (χ1) is 16.7. The standard InChI is InChI=1S/C25H30BrClN2O6/c1-4-11-28(16-9-7-14(27)8-10-16)23(32)21-25-12-17(26)20(35-25)18(24(33)34-6-3)19(25)22(31)29(21)15(5-2)13-30/h4,7-10,15,17-21,30H,1,5-6,11-13H2,2-3H3/t15-,17?,18-,19+,20-,21-,25+/m0/s1. The highest BCUT2D eigenvalue weighted by molar-refractivity contribution is 9.09. The van der Waals surface area contributed by atoms with Crippen LogP contribution in [0.5, 0.6) is 0 Å². The lowest BCUT2D eigenvalue weighted by atomic mass is 9.70. The van der Waals surface area contributed by atoms with Crippen molar-refractivity contribution >= 4 is 51.0 Å². The second-order valence-corrected chi connectivity index (χ2v) is 10.7. The van der Waals surface area contributed by atoms with Gasteiger partial charge in [0.15, 0.2) is 0 Å². The average molecular weight is 570 g/mol. The fourth-order valence-corrected chi connectivity index (χ4v) is 6.95. The predicted octanol–water partition coefficient (Wildman–Crippen LogP) is 2.94. The number of ether oxygens (including phenoxy) is 2. The molecule has 1 unspecified atom stereocenters. The van der Waals surface area contributed by atoms with Crippen LogP contribution in [0, 0.1) is 11.8 Å². The lowest BCUT2D eigenvalue weighted by molar-refractivity contribution is -0.155. The molecule has 2 amide bonds. The molecule has 190 valence electrons. The van der Waals surface area contributed by atoms with E-state index in [0.717, 1.165) is 0 Å². The molecule has 2 bridgehead atoms. The highest BCUT2D eigenvalue weighted by atomic mass is 79.9. The third-order valence-electron chi connectivity index (χ3n) is 7.31. The van der Waals surface area contributed by atoms with E-state index < -0.39 is 41.6 Å². The SMILES string of the molecule is C=CCN(C(=O)[C@@H]1N([C@@H](CC)CO)C(=O)[C@H]2[C@H](C(=O)OCC)[C@H]3O[C@@]12CC3Br)c1ccc(Cl)cc1. The van der Waals surface area contributed by atoms with Gasteiger partial charge < -0.3 is 24.4 Å². The van der Waals surface area contributed by atoms with Gasteiger partial charge in [-0.25, -0.2) is 0 Å². The fraction of sp³-hybridized carbons (Fsp3) is 0.560. The Labute approximate surface area is 218 Å². The quantitative estimate of drug-likeness (QED) is 0.279. The van der Waals surface area contributed by atoms with Gasteiger partial charge in [0, 0.05) is 22.1 Å². The summed E-state index contributed by atoms with van der Waals surface area (Å²) >= 11 is 9.69. The van der Waals surface area contributed by atoms with Crippen LogP contribution in [0.15, 0.2) is 36.9 Å². The van der Waals surface area contributed by atoms with Crippen molar-refractivity contribution in [3.63, 3.8) is 0 Å². The number of hydrogen-bond donors (Lipinski definition) is 1. The number of aliphatic hydroxyl groups is 1. The zero-order valence-electron chi connectivity index (χ0n) is 19.7. The third kappa shape index (κ3) is 4.10. The summed E-state index contributed by atoms with van der Waals surface area (Å²) in [7, 11) is 0. The van der Waals surface area contributed by atoms with E-state index in [0.29, 0.717) is 23.6 Å². The van der Waals surface area contributed by atoms with Crippen LogP contribution >= 0.6 is 27.5 Å². The molecule has 0 radical (unpaired) electrons. The first-order valence-electron chi connectivity index (χ1n) is 11.8. The number of alkyl halides is 1. The zero-order chi connectivity index (χ0) is 25.5. The summed E-state index contributed by atoms with van der Waals surface area (Å²) < 4.78 is 11.8. The number of carbonyl (C=O) groups is 3. The van der Waals surface area contributed by atoms with Crippen LogP contribution in [0.25, 0.3) is 0 Å². The van der Waals surface area contributed by atoms with Crippen LogP contribution in [0.1, 0.15) is 26.7 Å². The van der Waals surface area contributed by atoms with Gasteiger partial charge in [-0.15, -0.1) is 6.58 Å². The number of benzene rings is 1. The Morgan fingerprint density at radius 2 is 2.09 bits per heavy atom. The number of hydrogen-bond acceptors (Lipinski definition) is 6. The number of nitrogens with zero attached hydrogens (tertiary/aromatic N) is 2. The Morgan fingerprint density at radius 1 is 1.40 bits per heavy atom. The molecule has 3 aliphatic heterocycles. The van der Waals surface area contributed by atoms with E-state index in [-0.39, 0.29) is 36.4 Å². The summed E-state index contributed by atoms with van der Waals surface area (Å²) in [4.78, 5) is 44.0. The van der Waals surface area contributed by atoms with E-state index in [1.807, 2.05) is 6.92 Å². The Bertz CT molecular complexity index is 1000. The summed E-state index contributed by atoms with van der Waals surface area (Å²) in [6.45, 7) is 7.40. The highest BCUT2D eigenvalue weighted by Crippen LogP contribution is 2.60. The molecule has 3 aliphatic rings. The van der Waals surface area contributed by atoms with Crippen molar-refractivity contribution in [2.24, 2.45) is 11.8 Å². The number of amides is 2. The smallest absolute Gasteiger partial charge is 0.312 e. The lowest BCUT2D eigenvalue weighted by Gasteiger charge is -2.39. The monoisotopic (exact) mass is 568 g/mol. The number of carbonyl (C=O) groups excluding carboxylic acids is 3. The first kappa shape index (κ1) is 26.1.